The van der Waals surface area contributed by atoms with E-state index in [1.165, 1.54) is 12.8 Å². The number of aliphatic hydroxyl groups is 1. The molecule has 0 spiro atoms. The number of ether oxygens (including phenoxy) is 1. The van der Waals surface area contributed by atoms with E-state index in [1.807, 2.05) is 0 Å². The first kappa shape index (κ1) is 12.0. The maximum Gasteiger partial charge on any atom is 0.0469 e. The quantitative estimate of drug-likeness (QED) is 0.634. The second-order valence-corrected chi connectivity index (χ2v) is 4.12. The molecule has 0 aromatic heterocycles. The maximum absolute atomic E-state index is 8.64. The van der Waals surface area contributed by atoms with Crippen molar-refractivity contribution in [2.75, 3.05) is 26.4 Å². The highest BCUT2D eigenvalue weighted by Gasteiger charge is 2.19. The summed E-state index contributed by atoms with van der Waals surface area (Å²) in [5.74, 6) is 0.776. The molecule has 3 nitrogen and oxygen atoms in total. The van der Waals surface area contributed by atoms with Crippen molar-refractivity contribution in [3.8, 4) is 0 Å². The Morgan fingerprint density at radius 3 is 2.71 bits per heavy atom. The zero-order chi connectivity index (χ0) is 10.2. The molecule has 0 amide bonds. The Bertz CT molecular complexity index is 135. The summed E-state index contributed by atoms with van der Waals surface area (Å²) in [4.78, 5) is 0. The average molecular weight is 201 g/mol. The summed E-state index contributed by atoms with van der Waals surface area (Å²) in [6.07, 6.45) is 4.36. The minimum atomic E-state index is 0.313. The predicted octanol–water partition coefficient (Wildman–Crippen LogP) is 1.16. The highest BCUT2D eigenvalue weighted by atomic mass is 16.5. The Morgan fingerprint density at radius 2 is 2.07 bits per heavy atom. The van der Waals surface area contributed by atoms with Gasteiger partial charge in [0.1, 0.15) is 0 Å². The van der Waals surface area contributed by atoms with Gasteiger partial charge in [-0.2, -0.15) is 0 Å². The molecule has 1 fully saturated rings. The third kappa shape index (κ3) is 4.40. The van der Waals surface area contributed by atoms with Crippen LogP contribution < -0.4 is 5.32 Å². The predicted molar refractivity (Wildman–Crippen MR) is 57.3 cm³/mol. The standard InChI is InChI=1S/C11H23NO2/c1-10(12-6-2-3-7-13)11-4-8-14-9-5-11/h10-13H,2-9H2,1H3. The summed E-state index contributed by atoms with van der Waals surface area (Å²) in [7, 11) is 0. The van der Waals surface area contributed by atoms with Crippen LogP contribution in [0.5, 0.6) is 0 Å². The molecule has 0 radical (unpaired) electrons. The summed E-state index contributed by atoms with van der Waals surface area (Å²) in [6, 6.07) is 0.595. The number of hydrogen-bond acceptors (Lipinski definition) is 3. The Labute approximate surface area is 86.8 Å². The molecule has 1 rings (SSSR count). The lowest BCUT2D eigenvalue weighted by Crippen LogP contribution is -2.37. The second kappa shape index (κ2) is 7.21. The lowest BCUT2D eigenvalue weighted by molar-refractivity contribution is 0.0559. The van der Waals surface area contributed by atoms with Gasteiger partial charge in [-0.15, -0.1) is 0 Å². The van der Waals surface area contributed by atoms with Crippen LogP contribution in [0.15, 0.2) is 0 Å². The maximum atomic E-state index is 8.64. The van der Waals surface area contributed by atoms with E-state index >= 15 is 0 Å². The minimum absolute atomic E-state index is 0.313. The van der Waals surface area contributed by atoms with Gasteiger partial charge in [0.05, 0.1) is 0 Å². The van der Waals surface area contributed by atoms with Crippen LogP contribution in [0.1, 0.15) is 32.6 Å². The van der Waals surface area contributed by atoms with E-state index < -0.39 is 0 Å². The number of unbranched alkanes of at least 4 members (excludes halogenated alkanes) is 1. The third-order valence-electron chi connectivity index (χ3n) is 3.02. The summed E-state index contributed by atoms with van der Waals surface area (Å²) in [6.45, 7) is 5.45. The molecule has 14 heavy (non-hydrogen) atoms. The van der Waals surface area contributed by atoms with Crippen LogP contribution >= 0.6 is 0 Å². The van der Waals surface area contributed by atoms with Crippen molar-refractivity contribution < 1.29 is 9.84 Å². The van der Waals surface area contributed by atoms with Gasteiger partial charge in [0.15, 0.2) is 0 Å². The van der Waals surface area contributed by atoms with Crippen molar-refractivity contribution in [1.29, 1.82) is 0 Å². The molecule has 0 aromatic rings. The number of rotatable bonds is 6. The SMILES string of the molecule is CC(NCCCCO)C1CCOCC1. The molecule has 2 N–H and O–H groups in total. The zero-order valence-corrected chi connectivity index (χ0v) is 9.17. The number of nitrogens with one attached hydrogen (secondary N) is 1. The summed E-state index contributed by atoms with van der Waals surface area (Å²) >= 11 is 0. The Morgan fingerprint density at radius 1 is 1.36 bits per heavy atom. The van der Waals surface area contributed by atoms with Gasteiger partial charge in [0.2, 0.25) is 0 Å². The first-order valence-corrected chi connectivity index (χ1v) is 5.76. The highest BCUT2D eigenvalue weighted by molar-refractivity contribution is 4.74. The monoisotopic (exact) mass is 201 g/mol. The van der Waals surface area contributed by atoms with Crippen LogP contribution in [0.4, 0.5) is 0 Å². The molecule has 1 aliphatic heterocycles. The van der Waals surface area contributed by atoms with Crippen molar-refractivity contribution in [2.24, 2.45) is 5.92 Å². The number of aliphatic hydroxyl groups excluding tert-OH is 1. The molecule has 1 saturated heterocycles. The van der Waals surface area contributed by atoms with Gasteiger partial charge in [-0.1, -0.05) is 0 Å². The molecule has 84 valence electrons. The summed E-state index contributed by atoms with van der Waals surface area (Å²) < 4.78 is 5.33. The summed E-state index contributed by atoms with van der Waals surface area (Å²) in [5, 5.41) is 12.2. The topological polar surface area (TPSA) is 41.5 Å². The summed E-state index contributed by atoms with van der Waals surface area (Å²) in [5.41, 5.74) is 0. The van der Waals surface area contributed by atoms with Crippen molar-refractivity contribution >= 4 is 0 Å². The molecule has 1 heterocycles. The van der Waals surface area contributed by atoms with Crippen molar-refractivity contribution in [2.45, 2.75) is 38.6 Å². The molecule has 1 unspecified atom stereocenters. The second-order valence-electron chi connectivity index (χ2n) is 4.12. The highest BCUT2D eigenvalue weighted by Crippen LogP contribution is 2.18. The molecule has 0 saturated carbocycles. The van der Waals surface area contributed by atoms with Gasteiger partial charge in [0.25, 0.3) is 0 Å². The Hall–Kier alpha value is -0.120. The average Bonchev–Trinajstić information content (AvgIpc) is 2.25. The van der Waals surface area contributed by atoms with Gasteiger partial charge >= 0.3 is 0 Å². The van der Waals surface area contributed by atoms with Gasteiger partial charge in [0, 0.05) is 25.9 Å². The van der Waals surface area contributed by atoms with Crippen LogP contribution in [0.25, 0.3) is 0 Å². The molecule has 0 aromatic carbocycles. The van der Waals surface area contributed by atoms with Crippen LogP contribution in [0.3, 0.4) is 0 Å². The first-order valence-electron chi connectivity index (χ1n) is 5.76. The van der Waals surface area contributed by atoms with Gasteiger partial charge in [-0.25, -0.2) is 0 Å². The zero-order valence-electron chi connectivity index (χ0n) is 9.17. The van der Waals surface area contributed by atoms with E-state index in [9.17, 15) is 0 Å². The van der Waals surface area contributed by atoms with Crippen LogP contribution in [0.2, 0.25) is 0 Å². The normalized spacial score (nSPS) is 21.0. The fourth-order valence-electron chi connectivity index (χ4n) is 1.95. The smallest absolute Gasteiger partial charge is 0.0469 e. The Balaban J connectivity index is 2.04. The van der Waals surface area contributed by atoms with Gasteiger partial charge in [-0.3, -0.25) is 0 Å². The lowest BCUT2D eigenvalue weighted by atomic mass is 9.93. The van der Waals surface area contributed by atoms with E-state index in [-0.39, 0.29) is 0 Å². The van der Waals surface area contributed by atoms with Crippen molar-refractivity contribution in [3.05, 3.63) is 0 Å². The van der Waals surface area contributed by atoms with E-state index in [2.05, 4.69) is 12.2 Å². The van der Waals surface area contributed by atoms with Crippen LogP contribution in [0, 0.1) is 5.92 Å². The minimum Gasteiger partial charge on any atom is -0.396 e. The third-order valence-corrected chi connectivity index (χ3v) is 3.02. The first-order chi connectivity index (χ1) is 6.84. The molecule has 3 heteroatoms. The lowest BCUT2D eigenvalue weighted by Gasteiger charge is -2.28. The molecular weight excluding hydrogens is 178 g/mol. The Kier molecular flexibility index (Phi) is 6.15. The molecule has 1 aliphatic rings. The van der Waals surface area contributed by atoms with E-state index in [0.29, 0.717) is 12.6 Å². The number of hydrogen-bond donors (Lipinski definition) is 2. The fourth-order valence-corrected chi connectivity index (χ4v) is 1.95. The van der Waals surface area contributed by atoms with E-state index in [0.717, 1.165) is 38.5 Å². The van der Waals surface area contributed by atoms with Gasteiger partial charge in [-0.05, 0) is 45.1 Å². The van der Waals surface area contributed by atoms with E-state index in [4.69, 9.17) is 9.84 Å². The largest absolute Gasteiger partial charge is 0.396 e. The fraction of sp³-hybridized carbons (Fsp3) is 1.00. The van der Waals surface area contributed by atoms with Crippen LogP contribution in [-0.4, -0.2) is 37.5 Å². The molecule has 1 atom stereocenters. The van der Waals surface area contributed by atoms with Crippen molar-refractivity contribution in [3.63, 3.8) is 0 Å². The molecule has 0 bridgehead atoms. The van der Waals surface area contributed by atoms with Gasteiger partial charge < -0.3 is 15.2 Å². The van der Waals surface area contributed by atoms with E-state index in [1.54, 1.807) is 0 Å². The molecule has 0 aliphatic carbocycles. The van der Waals surface area contributed by atoms with Crippen LogP contribution in [-0.2, 0) is 4.74 Å². The molecular formula is C11H23NO2. The van der Waals surface area contributed by atoms with Crippen molar-refractivity contribution in [1.82, 2.24) is 5.32 Å².